The quantitative estimate of drug-likeness (QED) is 0.637. The van der Waals surface area contributed by atoms with Crippen LogP contribution < -0.4 is 10.6 Å². The number of thioether (sulfide) groups is 1. The van der Waals surface area contributed by atoms with E-state index in [-0.39, 0.29) is 0 Å². The third kappa shape index (κ3) is 4.00. The topological polar surface area (TPSA) is 49.8 Å². The highest BCUT2D eigenvalue weighted by atomic mass is 32.2. The number of nitrogens with one attached hydrogen (secondary N) is 2. The second-order valence-electron chi connectivity index (χ2n) is 5.15. The van der Waals surface area contributed by atoms with Gasteiger partial charge >= 0.3 is 0 Å². The van der Waals surface area contributed by atoms with Gasteiger partial charge in [0.2, 0.25) is 0 Å². The second-order valence-corrected chi connectivity index (χ2v) is 5.92. The lowest BCUT2D eigenvalue weighted by Crippen LogP contribution is -2.26. The monoisotopic (exact) mass is 280 g/mol. The molecule has 1 aliphatic rings. The van der Waals surface area contributed by atoms with Gasteiger partial charge in [0.05, 0.1) is 0 Å². The summed E-state index contributed by atoms with van der Waals surface area (Å²) < 4.78 is 0. The fraction of sp³-hybridized carbons (Fsp3) is 0.714. The van der Waals surface area contributed by atoms with Gasteiger partial charge in [0.15, 0.2) is 5.16 Å². The third-order valence-electron chi connectivity index (χ3n) is 3.92. The molecule has 1 heterocycles. The van der Waals surface area contributed by atoms with Gasteiger partial charge in [-0.2, -0.15) is 0 Å². The molecule has 5 heteroatoms. The maximum atomic E-state index is 4.53. The molecular weight excluding hydrogens is 256 g/mol. The largest absolute Gasteiger partial charge is 0.373 e. The summed E-state index contributed by atoms with van der Waals surface area (Å²) in [7, 11) is 1.89. The van der Waals surface area contributed by atoms with Crippen LogP contribution in [0.5, 0.6) is 0 Å². The minimum atomic E-state index is 0.567. The first kappa shape index (κ1) is 14.4. The molecule has 0 saturated heterocycles. The Morgan fingerprint density at radius 2 is 1.89 bits per heavy atom. The summed E-state index contributed by atoms with van der Waals surface area (Å²) in [5.74, 6) is 2.76. The Balaban J connectivity index is 1.99. The summed E-state index contributed by atoms with van der Waals surface area (Å²) in [6.45, 7) is 2.30. The summed E-state index contributed by atoms with van der Waals surface area (Å²) in [4.78, 5) is 8.92. The van der Waals surface area contributed by atoms with Crippen molar-refractivity contribution >= 4 is 23.4 Å². The van der Waals surface area contributed by atoms with Crippen molar-refractivity contribution in [3.05, 3.63) is 6.07 Å². The molecule has 1 saturated carbocycles. The molecule has 0 spiro atoms. The lowest BCUT2D eigenvalue weighted by Gasteiger charge is -2.28. The van der Waals surface area contributed by atoms with E-state index in [2.05, 4.69) is 27.5 Å². The van der Waals surface area contributed by atoms with E-state index in [0.717, 1.165) is 22.7 Å². The molecule has 19 heavy (non-hydrogen) atoms. The van der Waals surface area contributed by atoms with Crippen LogP contribution in [-0.4, -0.2) is 29.3 Å². The van der Waals surface area contributed by atoms with Gasteiger partial charge < -0.3 is 10.6 Å². The molecule has 4 nitrogen and oxygen atoms in total. The third-order valence-corrected chi connectivity index (χ3v) is 4.47. The summed E-state index contributed by atoms with van der Waals surface area (Å²) in [5, 5.41) is 7.48. The zero-order valence-electron chi connectivity index (χ0n) is 12.1. The first-order valence-corrected chi connectivity index (χ1v) is 8.35. The molecule has 0 radical (unpaired) electrons. The maximum absolute atomic E-state index is 4.53. The molecule has 2 rings (SSSR count). The van der Waals surface area contributed by atoms with Crippen LogP contribution in [0.15, 0.2) is 11.2 Å². The predicted octanol–water partition coefficient (Wildman–Crippen LogP) is 3.62. The van der Waals surface area contributed by atoms with Crippen LogP contribution >= 0.6 is 11.8 Å². The Morgan fingerprint density at radius 1 is 1.21 bits per heavy atom. The van der Waals surface area contributed by atoms with Crippen LogP contribution in [-0.2, 0) is 0 Å². The number of rotatable bonds is 5. The van der Waals surface area contributed by atoms with E-state index < -0.39 is 0 Å². The van der Waals surface area contributed by atoms with Crippen LogP contribution in [0.2, 0.25) is 0 Å². The Kier molecular flexibility index (Phi) is 5.31. The normalized spacial score (nSPS) is 23.1. The van der Waals surface area contributed by atoms with Crippen LogP contribution in [0.25, 0.3) is 0 Å². The highest BCUT2D eigenvalue weighted by Gasteiger charge is 2.20. The fourth-order valence-corrected chi connectivity index (χ4v) is 3.02. The van der Waals surface area contributed by atoms with E-state index in [4.69, 9.17) is 0 Å². The van der Waals surface area contributed by atoms with Crippen molar-refractivity contribution in [3.63, 3.8) is 0 Å². The number of hydrogen-bond donors (Lipinski definition) is 2. The lowest BCUT2D eigenvalue weighted by molar-refractivity contribution is 0.330. The Bertz CT molecular complexity index is 380. The van der Waals surface area contributed by atoms with Gasteiger partial charge in [-0.1, -0.05) is 25.1 Å². The molecule has 0 bridgehead atoms. The SMILES string of the molecule is CCC1CCC(Nc2cc(NC)nc(SC)n2)CC1. The van der Waals surface area contributed by atoms with Crippen LogP contribution in [0.1, 0.15) is 39.0 Å². The van der Waals surface area contributed by atoms with Gasteiger partial charge in [0, 0.05) is 19.2 Å². The zero-order valence-corrected chi connectivity index (χ0v) is 12.9. The molecule has 1 aromatic heterocycles. The molecule has 1 fully saturated rings. The maximum Gasteiger partial charge on any atom is 0.191 e. The molecule has 1 aromatic rings. The van der Waals surface area contributed by atoms with E-state index >= 15 is 0 Å². The molecule has 0 aromatic carbocycles. The van der Waals surface area contributed by atoms with Crippen molar-refractivity contribution in [2.24, 2.45) is 5.92 Å². The van der Waals surface area contributed by atoms with Crippen molar-refractivity contribution in [1.82, 2.24) is 9.97 Å². The predicted molar refractivity (Wildman–Crippen MR) is 83.0 cm³/mol. The number of hydrogen-bond acceptors (Lipinski definition) is 5. The van der Waals surface area contributed by atoms with Gasteiger partial charge in [-0.3, -0.25) is 0 Å². The van der Waals surface area contributed by atoms with E-state index in [1.807, 2.05) is 19.4 Å². The van der Waals surface area contributed by atoms with Crippen LogP contribution in [0.3, 0.4) is 0 Å². The van der Waals surface area contributed by atoms with Gasteiger partial charge in [-0.25, -0.2) is 9.97 Å². The Hall–Kier alpha value is -0.970. The summed E-state index contributed by atoms with van der Waals surface area (Å²) in [5.41, 5.74) is 0. The average Bonchev–Trinajstić information content (AvgIpc) is 2.47. The first-order chi connectivity index (χ1) is 9.25. The average molecular weight is 280 g/mol. The van der Waals surface area contributed by atoms with E-state index in [0.29, 0.717) is 6.04 Å². The molecule has 0 unspecified atom stereocenters. The van der Waals surface area contributed by atoms with Gasteiger partial charge in [0.1, 0.15) is 11.6 Å². The van der Waals surface area contributed by atoms with Crippen molar-refractivity contribution < 1.29 is 0 Å². The van der Waals surface area contributed by atoms with E-state index in [1.165, 1.54) is 32.1 Å². The highest BCUT2D eigenvalue weighted by Crippen LogP contribution is 2.28. The number of anilines is 2. The minimum Gasteiger partial charge on any atom is -0.373 e. The summed E-state index contributed by atoms with van der Waals surface area (Å²) in [6.07, 6.45) is 8.52. The first-order valence-electron chi connectivity index (χ1n) is 7.12. The molecule has 1 aliphatic carbocycles. The van der Waals surface area contributed by atoms with Gasteiger partial charge in [0.25, 0.3) is 0 Å². The number of nitrogens with zero attached hydrogens (tertiary/aromatic N) is 2. The zero-order chi connectivity index (χ0) is 13.7. The van der Waals surface area contributed by atoms with Crippen molar-refractivity contribution in [2.45, 2.75) is 50.2 Å². The summed E-state index contributed by atoms with van der Waals surface area (Å²) in [6, 6.07) is 2.56. The number of aromatic nitrogens is 2. The summed E-state index contributed by atoms with van der Waals surface area (Å²) >= 11 is 1.58. The molecule has 106 valence electrons. The second kappa shape index (κ2) is 6.98. The van der Waals surface area contributed by atoms with Crippen LogP contribution in [0, 0.1) is 5.92 Å². The fourth-order valence-electron chi connectivity index (χ4n) is 2.64. The standard InChI is InChI=1S/C14H24N4S/c1-4-10-5-7-11(8-6-10)16-13-9-12(15-2)17-14(18-13)19-3/h9-11H,4-8H2,1-3H3,(H2,15,16,17,18). The van der Waals surface area contributed by atoms with Crippen LogP contribution in [0.4, 0.5) is 11.6 Å². The van der Waals surface area contributed by atoms with Gasteiger partial charge in [-0.15, -0.1) is 0 Å². The van der Waals surface area contributed by atoms with Crippen molar-refractivity contribution in [3.8, 4) is 0 Å². The van der Waals surface area contributed by atoms with E-state index in [1.54, 1.807) is 11.8 Å². The Labute approximate surface area is 120 Å². The molecular formula is C14H24N4S. The van der Waals surface area contributed by atoms with Crippen molar-refractivity contribution in [1.29, 1.82) is 0 Å². The Morgan fingerprint density at radius 3 is 2.47 bits per heavy atom. The highest BCUT2D eigenvalue weighted by molar-refractivity contribution is 7.98. The molecule has 0 atom stereocenters. The van der Waals surface area contributed by atoms with Gasteiger partial charge in [-0.05, 0) is 37.9 Å². The minimum absolute atomic E-state index is 0.567. The molecule has 0 amide bonds. The van der Waals surface area contributed by atoms with E-state index in [9.17, 15) is 0 Å². The smallest absolute Gasteiger partial charge is 0.191 e. The molecule has 2 N–H and O–H groups in total. The molecule has 0 aliphatic heterocycles. The lowest BCUT2D eigenvalue weighted by atomic mass is 9.84. The van der Waals surface area contributed by atoms with Crippen molar-refractivity contribution in [2.75, 3.05) is 23.9 Å².